The molecule has 0 spiro atoms. The van der Waals surface area contributed by atoms with Gasteiger partial charge in [0.05, 0.1) is 24.7 Å². The van der Waals surface area contributed by atoms with Gasteiger partial charge in [-0.3, -0.25) is 9.59 Å². The molecule has 1 aliphatic heterocycles. The number of nitrogens with one attached hydrogen (secondary N) is 1. The zero-order valence-corrected chi connectivity index (χ0v) is 13.7. The normalized spacial score (nSPS) is 18.3. The highest BCUT2D eigenvalue weighted by Gasteiger charge is 2.47. The average Bonchev–Trinajstić information content (AvgIpc) is 3.24. The van der Waals surface area contributed by atoms with Crippen LogP contribution in [0.25, 0.3) is 5.69 Å². The number of para-hydroxylation sites is 1. The minimum Gasteiger partial charge on any atom is -0.343 e. The van der Waals surface area contributed by atoms with E-state index >= 15 is 0 Å². The molecule has 1 fully saturated rings. The van der Waals surface area contributed by atoms with E-state index in [1.54, 1.807) is 29.1 Å². The Morgan fingerprint density at radius 2 is 2.00 bits per heavy atom. The number of rotatable bonds is 4. The van der Waals surface area contributed by atoms with Crippen LogP contribution in [0.3, 0.4) is 0 Å². The molecule has 1 aliphatic rings. The number of alkyl halides is 2. The first kappa shape index (κ1) is 17.6. The smallest absolute Gasteiger partial charge is 0.268 e. The number of nitriles is 1. The standard InChI is InChI=1S/C18H16F2N4O2/c19-18(20)8-15(9-21)24(12-18)16(25)10-22-17(26)13-6-7-23(11-13)14-4-2-1-3-5-14/h1-7,11,15H,8,10,12H2,(H,22,26)/t15-/m0/s1. The van der Waals surface area contributed by atoms with E-state index in [1.807, 2.05) is 30.3 Å². The number of nitrogens with zero attached hydrogens (tertiary/aromatic N) is 3. The number of hydrogen-bond donors (Lipinski definition) is 1. The van der Waals surface area contributed by atoms with E-state index in [0.717, 1.165) is 10.6 Å². The Bertz CT molecular complexity index is 858. The first-order valence-corrected chi connectivity index (χ1v) is 7.98. The van der Waals surface area contributed by atoms with Crippen molar-refractivity contribution >= 4 is 11.8 Å². The van der Waals surface area contributed by atoms with Crippen LogP contribution in [0.15, 0.2) is 48.8 Å². The van der Waals surface area contributed by atoms with E-state index in [-0.39, 0.29) is 0 Å². The Labute approximate surface area is 148 Å². The van der Waals surface area contributed by atoms with Crippen LogP contribution in [-0.4, -0.2) is 46.3 Å². The summed E-state index contributed by atoms with van der Waals surface area (Å²) < 4.78 is 28.5. The number of benzene rings is 1. The molecule has 6 nitrogen and oxygen atoms in total. The van der Waals surface area contributed by atoms with Gasteiger partial charge in [0, 0.05) is 24.5 Å². The molecule has 1 aromatic carbocycles. The molecule has 2 aromatic rings. The maximum absolute atomic E-state index is 13.4. The van der Waals surface area contributed by atoms with Gasteiger partial charge in [0.1, 0.15) is 6.04 Å². The summed E-state index contributed by atoms with van der Waals surface area (Å²) in [4.78, 5) is 25.1. The quantitative estimate of drug-likeness (QED) is 0.908. The van der Waals surface area contributed by atoms with Crippen LogP contribution < -0.4 is 5.32 Å². The summed E-state index contributed by atoms with van der Waals surface area (Å²) in [6.07, 6.45) is 2.64. The summed E-state index contributed by atoms with van der Waals surface area (Å²) in [7, 11) is 0. The monoisotopic (exact) mass is 358 g/mol. The van der Waals surface area contributed by atoms with E-state index in [0.29, 0.717) is 5.56 Å². The SMILES string of the molecule is N#C[C@@H]1CC(F)(F)CN1C(=O)CNC(=O)c1ccn(-c2ccccc2)c1. The lowest BCUT2D eigenvalue weighted by atomic mass is 10.2. The Hall–Kier alpha value is -3.21. The van der Waals surface area contributed by atoms with Gasteiger partial charge in [-0.1, -0.05) is 18.2 Å². The molecule has 0 radical (unpaired) electrons. The lowest BCUT2D eigenvalue weighted by Crippen LogP contribution is -2.42. The fourth-order valence-corrected chi connectivity index (χ4v) is 2.85. The maximum atomic E-state index is 13.4. The summed E-state index contributed by atoms with van der Waals surface area (Å²) in [5, 5.41) is 11.3. The Kier molecular flexibility index (Phi) is 4.71. The highest BCUT2D eigenvalue weighted by molar-refractivity contribution is 5.96. The second kappa shape index (κ2) is 6.96. The topological polar surface area (TPSA) is 78.1 Å². The zero-order valence-electron chi connectivity index (χ0n) is 13.7. The third-order valence-electron chi connectivity index (χ3n) is 4.15. The van der Waals surface area contributed by atoms with Gasteiger partial charge in [-0.05, 0) is 18.2 Å². The Balaban J connectivity index is 1.60. The molecule has 1 saturated heterocycles. The number of aromatic nitrogens is 1. The molecule has 1 N–H and O–H groups in total. The molecule has 0 unspecified atom stereocenters. The van der Waals surface area contributed by atoms with Crippen molar-refractivity contribution in [3.05, 3.63) is 54.4 Å². The van der Waals surface area contributed by atoms with Crippen molar-refractivity contribution in [2.75, 3.05) is 13.1 Å². The number of likely N-dealkylation sites (tertiary alicyclic amines) is 1. The van der Waals surface area contributed by atoms with Crippen LogP contribution >= 0.6 is 0 Å². The van der Waals surface area contributed by atoms with Gasteiger partial charge in [-0.15, -0.1) is 0 Å². The largest absolute Gasteiger partial charge is 0.343 e. The molecule has 3 rings (SSSR count). The Morgan fingerprint density at radius 1 is 1.27 bits per heavy atom. The predicted octanol–water partition coefficient (Wildman–Crippen LogP) is 1.97. The molecule has 26 heavy (non-hydrogen) atoms. The van der Waals surface area contributed by atoms with Crippen LogP contribution in [0.1, 0.15) is 16.8 Å². The van der Waals surface area contributed by atoms with Gasteiger partial charge in [-0.25, -0.2) is 8.78 Å². The molecule has 0 bridgehead atoms. The first-order chi connectivity index (χ1) is 12.4. The second-order valence-corrected chi connectivity index (χ2v) is 6.05. The number of hydrogen-bond acceptors (Lipinski definition) is 3. The van der Waals surface area contributed by atoms with Crippen LogP contribution in [0.2, 0.25) is 0 Å². The summed E-state index contributed by atoms with van der Waals surface area (Å²) in [5.41, 5.74) is 1.21. The van der Waals surface area contributed by atoms with Crippen LogP contribution in [-0.2, 0) is 4.79 Å². The average molecular weight is 358 g/mol. The molecular formula is C18H16F2N4O2. The van der Waals surface area contributed by atoms with Gasteiger partial charge >= 0.3 is 0 Å². The summed E-state index contributed by atoms with van der Waals surface area (Å²) >= 11 is 0. The van der Waals surface area contributed by atoms with Crippen molar-refractivity contribution < 1.29 is 18.4 Å². The fraction of sp³-hybridized carbons (Fsp3) is 0.278. The lowest BCUT2D eigenvalue weighted by Gasteiger charge is -2.19. The van der Waals surface area contributed by atoms with E-state index < -0.39 is 43.3 Å². The summed E-state index contributed by atoms with van der Waals surface area (Å²) in [6, 6.07) is 11.5. The molecule has 0 aliphatic carbocycles. The molecule has 2 amide bonds. The second-order valence-electron chi connectivity index (χ2n) is 6.05. The van der Waals surface area contributed by atoms with Crippen LogP contribution in [0, 0.1) is 11.3 Å². The molecule has 2 heterocycles. The summed E-state index contributed by atoms with van der Waals surface area (Å²) in [5.74, 6) is -4.27. The van der Waals surface area contributed by atoms with Gasteiger partial charge in [0.25, 0.3) is 11.8 Å². The molecule has 0 saturated carbocycles. The highest BCUT2D eigenvalue weighted by Crippen LogP contribution is 2.31. The van der Waals surface area contributed by atoms with Crippen LogP contribution in [0.5, 0.6) is 0 Å². The minimum absolute atomic E-state index is 0.338. The molecule has 1 aromatic heterocycles. The fourth-order valence-electron chi connectivity index (χ4n) is 2.85. The van der Waals surface area contributed by atoms with Crippen molar-refractivity contribution in [3.8, 4) is 11.8 Å². The van der Waals surface area contributed by atoms with Crippen molar-refractivity contribution in [1.29, 1.82) is 5.26 Å². The van der Waals surface area contributed by atoms with E-state index in [2.05, 4.69) is 5.32 Å². The summed E-state index contributed by atoms with van der Waals surface area (Å²) in [6.45, 7) is -1.24. The van der Waals surface area contributed by atoms with Gasteiger partial charge in [0.2, 0.25) is 5.91 Å². The van der Waals surface area contributed by atoms with E-state index in [1.165, 1.54) is 0 Å². The maximum Gasteiger partial charge on any atom is 0.268 e. The number of amides is 2. The third-order valence-corrected chi connectivity index (χ3v) is 4.15. The predicted molar refractivity (Wildman–Crippen MR) is 88.8 cm³/mol. The molecule has 134 valence electrons. The molecular weight excluding hydrogens is 342 g/mol. The van der Waals surface area contributed by atoms with Crippen LogP contribution in [0.4, 0.5) is 8.78 Å². The van der Waals surface area contributed by atoms with Crippen molar-refractivity contribution in [2.45, 2.75) is 18.4 Å². The van der Waals surface area contributed by atoms with Gasteiger partial charge in [-0.2, -0.15) is 5.26 Å². The zero-order chi connectivity index (χ0) is 18.7. The van der Waals surface area contributed by atoms with Gasteiger partial charge in [0.15, 0.2) is 0 Å². The number of halogens is 2. The van der Waals surface area contributed by atoms with Crippen molar-refractivity contribution in [2.24, 2.45) is 0 Å². The van der Waals surface area contributed by atoms with Gasteiger partial charge < -0.3 is 14.8 Å². The van der Waals surface area contributed by atoms with Crippen molar-refractivity contribution in [1.82, 2.24) is 14.8 Å². The number of carbonyl (C=O) groups is 2. The van der Waals surface area contributed by atoms with E-state index in [9.17, 15) is 18.4 Å². The highest BCUT2D eigenvalue weighted by atomic mass is 19.3. The number of carbonyl (C=O) groups excluding carboxylic acids is 2. The molecule has 8 heteroatoms. The minimum atomic E-state index is -3.08. The Morgan fingerprint density at radius 3 is 2.69 bits per heavy atom. The van der Waals surface area contributed by atoms with Crippen molar-refractivity contribution in [3.63, 3.8) is 0 Å². The van der Waals surface area contributed by atoms with E-state index in [4.69, 9.17) is 5.26 Å². The third kappa shape index (κ3) is 3.72. The first-order valence-electron chi connectivity index (χ1n) is 7.98. The molecule has 1 atom stereocenters. The lowest BCUT2D eigenvalue weighted by molar-refractivity contribution is -0.131.